The normalized spacial score (nSPS) is 23.9. The van der Waals surface area contributed by atoms with E-state index in [0.717, 1.165) is 22.1 Å². The zero-order valence-corrected chi connectivity index (χ0v) is 12.3. The first-order chi connectivity index (χ1) is 9.16. The summed E-state index contributed by atoms with van der Waals surface area (Å²) in [5.74, 6) is 0.388. The summed E-state index contributed by atoms with van der Waals surface area (Å²) in [6.45, 7) is 1.79. The lowest BCUT2D eigenvalue weighted by Gasteiger charge is -2.26. The summed E-state index contributed by atoms with van der Waals surface area (Å²) in [5, 5.41) is 8.22. The minimum absolute atomic E-state index is 0.0312. The molecule has 1 fully saturated rings. The molecule has 3 N–H and O–H groups in total. The molecule has 1 aliphatic rings. The summed E-state index contributed by atoms with van der Waals surface area (Å²) in [7, 11) is 0. The summed E-state index contributed by atoms with van der Waals surface area (Å²) >= 11 is 2.11. The number of nitrogens with one attached hydrogen (secondary N) is 1. The second kappa shape index (κ2) is 5.16. The molecule has 0 radical (unpaired) electrons. The minimum atomic E-state index is -0.843. The second-order valence-electron chi connectivity index (χ2n) is 4.70. The van der Waals surface area contributed by atoms with Crippen molar-refractivity contribution >= 4 is 39.4 Å². The molecule has 2 atom stereocenters. The third-order valence-electron chi connectivity index (χ3n) is 3.47. The van der Waals surface area contributed by atoms with Crippen LogP contribution in [0, 0.1) is 9.62 Å². The van der Waals surface area contributed by atoms with Crippen molar-refractivity contribution < 1.29 is 4.39 Å². The number of alkyl halides is 1. The van der Waals surface area contributed by atoms with Crippen LogP contribution in [0.3, 0.4) is 0 Å². The number of halogens is 2. The minimum Gasteiger partial charge on any atom is -0.383 e. The second-order valence-corrected chi connectivity index (χ2v) is 5.72. The van der Waals surface area contributed by atoms with Gasteiger partial charge in [0.1, 0.15) is 22.0 Å². The molecule has 1 saturated heterocycles. The van der Waals surface area contributed by atoms with Gasteiger partial charge >= 0.3 is 0 Å². The van der Waals surface area contributed by atoms with Crippen molar-refractivity contribution in [1.29, 1.82) is 0 Å². The Labute approximate surface area is 123 Å². The van der Waals surface area contributed by atoms with Gasteiger partial charge in [-0.2, -0.15) is 5.10 Å². The molecule has 2 aromatic heterocycles. The van der Waals surface area contributed by atoms with Gasteiger partial charge in [-0.05, 0) is 35.6 Å². The van der Waals surface area contributed by atoms with E-state index < -0.39 is 6.17 Å². The van der Waals surface area contributed by atoms with Crippen molar-refractivity contribution in [3.8, 4) is 0 Å². The molecule has 3 rings (SSSR count). The van der Waals surface area contributed by atoms with Crippen molar-refractivity contribution in [2.45, 2.75) is 19.1 Å². The highest BCUT2D eigenvalue weighted by atomic mass is 127. The first kappa shape index (κ1) is 13.0. The molecular weight excluding hydrogens is 362 g/mol. The molecule has 0 aromatic carbocycles. The number of nitrogens with two attached hydrogens (primary N) is 1. The fourth-order valence-corrected chi connectivity index (χ4v) is 3.19. The highest BCUT2D eigenvalue weighted by Crippen LogP contribution is 2.25. The average Bonchev–Trinajstić information content (AvgIpc) is 2.71. The van der Waals surface area contributed by atoms with Crippen LogP contribution in [-0.4, -0.2) is 39.0 Å². The van der Waals surface area contributed by atoms with Gasteiger partial charge in [-0.3, -0.25) is 0 Å². The van der Waals surface area contributed by atoms with Crippen molar-refractivity contribution in [2.75, 3.05) is 18.8 Å². The maximum Gasteiger partial charge on any atom is 0.164 e. The Balaban J connectivity index is 1.95. The SMILES string of the molecule is Nc1ncnc2c1c(I)nn2CC1CCNCC1F. The van der Waals surface area contributed by atoms with E-state index in [1.54, 1.807) is 4.68 Å². The lowest BCUT2D eigenvalue weighted by Crippen LogP contribution is -2.39. The van der Waals surface area contributed by atoms with E-state index >= 15 is 0 Å². The van der Waals surface area contributed by atoms with Gasteiger partial charge in [0, 0.05) is 19.0 Å². The van der Waals surface area contributed by atoms with Crippen molar-refractivity contribution in [1.82, 2.24) is 25.1 Å². The molecule has 0 amide bonds. The molecule has 0 aliphatic carbocycles. The molecule has 3 heterocycles. The van der Waals surface area contributed by atoms with Crippen LogP contribution >= 0.6 is 22.6 Å². The highest BCUT2D eigenvalue weighted by molar-refractivity contribution is 14.1. The monoisotopic (exact) mass is 376 g/mol. The van der Waals surface area contributed by atoms with Crippen LogP contribution in [0.25, 0.3) is 11.0 Å². The lowest BCUT2D eigenvalue weighted by molar-refractivity contribution is 0.160. The molecule has 0 spiro atoms. The number of piperidine rings is 1. The topological polar surface area (TPSA) is 81.7 Å². The van der Waals surface area contributed by atoms with Crippen LogP contribution in [0.4, 0.5) is 10.2 Å². The Morgan fingerprint density at radius 3 is 3.16 bits per heavy atom. The lowest BCUT2D eigenvalue weighted by atomic mass is 9.96. The summed E-state index contributed by atoms with van der Waals surface area (Å²) in [6, 6.07) is 0. The van der Waals surface area contributed by atoms with Gasteiger partial charge < -0.3 is 11.1 Å². The first-order valence-electron chi connectivity index (χ1n) is 6.14. The van der Waals surface area contributed by atoms with Crippen LogP contribution < -0.4 is 11.1 Å². The Morgan fingerprint density at radius 2 is 2.37 bits per heavy atom. The van der Waals surface area contributed by atoms with Crippen molar-refractivity contribution in [3.63, 3.8) is 0 Å². The molecule has 1 aliphatic heterocycles. The van der Waals surface area contributed by atoms with Crippen LogP contribution in [0.1, 0.15) is 6.42 Å². The third-order valence-corrected chi connectivity index (χ3v) is 4.22. The molecular formula is C11H14FIN6. The molecule has 8 heteroatoms. The Bertz CT molecular complexity index is 600. The van der Waals surface area contributed by atoms with Gasteiger partial charge in [0.15, 0.2) is 5.65 Å². The van der Waals surface area contributed by atoms with Gasteiger partial charge in [-0.25, -0.2) is 19.0 Å². The van der Waals surface area contributed by atoms with Crippen LogP contribution in [0.15, 0.2) is 6.33 Å². The molecule has 102 valence electrons. The smallest absolute Gasteiger partial charge is 0.164 e. The number of nitrogen functional groups attached to an aromatic ring is 1. The summed E-state index contributed by atoms with van der Waals surface area (Å²) in [5.41, 5.74) is 6.52. The molecule has 2 aromatic rings. The van der Waals surface area contributed by atoms with E-state index in [9.17, 15) is 4.39 Å². The van der Waals surface area contributed by atoms with Crippen molar-refractivity contribution in [2.24, 2.45) is 5.92 Å². The van der Waals surface area contributed by atoms with Gasteiger partial charge in [-0.15, -0.1) is 0 Å². The third kappa shape index (κ3) is 2.38. The maximum atomic E-state index is 13.9. The fraction of sp³-hybridized carbons (Fsp3) is 0.545. The van der Waals surface area contributed by atoms with Gasteiger partial charge in [0.05, 0.1) is 5.39 Å². The number of hydrogen-bond acceptors (Lipinski definition) is 5. The van der Waals surface area contributed by atoms with E-state index in [0.29, 0.717) is 24.6 Å². The predicted octanol–water partition coefficient (Wildman–Crippen LogP) is 0.961. The number of anilines is 1. The average molecular weight is 376 g/mol. The summed E-state index contributed by atoms with van der Waals surface area (Å²) < 4.78 is 16.4. The Kier molecular flexibility index (Phi) is 3.52. The van der Waals surface area contributed by atoms with E-state index in [2.05, 4.69) is 43.0 Å². The molecule has 0 bridgehead atoms. The number of hydrogen-bond donors (Lipinski definition) is 2. The largest absolute Gasteiger partial charge is 0.383 e. The molecule has 6 nitrogen and oxygen atoms in total. The van der Waals surface area contributed by atoms with Crippen LogP contribution in [0.5, 0.6) is 0 Å². The molecule has 2 unspecified atom stereocenters. The van der Waals surface area contributed by atoms with E-state index in [4.69, 9.17) is 5.73 Å². The zero-order chi connectivity index (χ0) is 13.4. The summed E-state index contributed by atoms with van der Waals surface area (Å²) in [6.07, 6.45) is 1.38. The fourth-order valence-electron chi connectivity index (χ4n) is 2.42. The number of rotatable bonds is 2. The number of aromatic nitrogens is 4. The van der Waals surface area contributed by atoms with Gasteiger partial charge in [0.25, 0.3) is 0 Å². The first-order valence-corrected chi connectivity index (χ1v) is 7.22. The maximum absolute atomic E-state index is 13.9. The molecule has 19 heavy (non-hydrogen) atoms. The Hall–Kier alpha value is -1.03. The van der Waals surface area contributed by atoms with Gasteiger partial charge in [-0.1, -0.05) is 0 Å². The summed E-state index contributed by atoms with van der Waals surface area (Å²) in [4.78, 5) is 8.19. The highest BCUT2D eigenvalue weighted by Gasteiger charge is 2.26. The predicted molar refractivity (Wildman–Crippen MR) is 78.3 cm³/mol. The van der Waals surface area contributed by atoms with E-state index in [1.807, 2.05) is 0 Å². The van der Waals surface area contributed by atoms with Crippen molar-refractivity contribution in [3.05, 3.63) is 10.0 Å². The van der Waals surface area contributed by atoms with E-state index in [-0.39, 0.29) is 5.92 Å². The van der Waals surface area contributed by atoms with E-state index in [1.165, 1.54) is 6.33 Å². The standard InChI is InChI=1S/C11H14FIN6/c12-7-3-15-2-1-6(7)4-19-11-8(9(13)18-19)10(14)16-5-17-11/h5-7,15H,1-4H2,(H2,14,16,17). The number of nitrogens with zero attached hydrogens (tertiary/aromatic N) is 4. The van der Waals surface area contributed by atoms with Crippen LogP contribution in [-0.2, 0) is 6.54 Å². The van der Waals surface area contributed by atoms with Gasteiger partial charge in [0.2, 0.25) is 0 Å². The van der Waals surface area contributed by atoms with Crippen LogP contribution in [0.2, 0.25) is 0 Å². The zero-order valence-electron chi connectivity index (χ0n) is 10.2. The quantitative estimate of drug-likeness (QED) is 0.764. The molecule has 0 saturated carbocycles. The number of fused-ring (bicyclic) bond motifs is 1. The Morgan fingerprint density at radius 1 is 1.53 bits per heavy atom.